The van der Waals surface area contributed by atoms with E-state index < -0.39 is 0 Å². The topological polar surface area (TPSA) is 66.6 Å². The Morgan fingerprint density at radius 3 is 3.05 bits per heavy atom. The summed E-state index contributed by atoms with van der Waals surface area (Å²) in [5.74, 6) is 0. The van der Waals surface area contributed by atoms with E-state index in [0.717, 1.165) is 16.8 Å². The molecule has 0 fully saturated rings. The fraction of sp³-hybridized carbons (Fsp3) is 0.200. The first kappa shape index (κ1) is 13.8. The zero-order valence-corrected chi connectivity index (χ0v) is 12.4. The molecule has 1 aromatic carbocycles. The van der Waals surface area contributed by atoms with Gasteiger partial charge in [0.05, 0.1) is 18.8 Å². The Kier molecular flexibility index (Phi) is 3.72. The third-order valence-electron chi connectivity index (χ3n) is 3.30. The molecule has 21 heavy (non-hydrogen) atoms. The molecular weight excluding hydrogens is 286 g/mol. The number of thiazole rings is 1. The van der Waals surface area contributed by atoms with E-state index in [4.69, 9.17) is 0 Å². The van der Waals surface area contributed by atoms with Crippen LogP contribution in [-0.4, -0.2) is 14.5 Å². The van der Waals surface area contributed by atoms with E-state index >= 15 is 0 Å². The molecule has 2 heterocycles. The van der Waals surface area contributed by atoms with E-state index in [-0.39, 0.29) is 12.2 Å². The van der Waals surface area contributed by atoms with Crippen LogP contribution in [0, 0.1) is 6.92 Å². The summed E-state index contributed by atoms with van der Waals surface area (Å²) in [6.07, 6.45) is 1.72. The molecule has 3 aromatic rings. The molecule has 0 bridgehead atoms. The van der Waals surface area contributed by atoms with Crippen molar-refractivity contribution in [3.05, 3.63) is 63.0 Å². The molecule has 0 unspecified atom stereocenters. The van der Waals surface area contributed by atoms with Gasteiger partial charge in [0.25, 0.3) is 5.56 Å². The molecule has 2 aromatic heterocycles. The first-order valence-corrected chi connectivity index (χ1v) is 7.45. The number of nitrogens with one attached hydrogen (secondary N) is 1. The molecule has 0 amide bonds. The highest BCUT2D eigenvalue weighted by Gasteiger charge is 2.05. The first-order valence-electron chi connectivity index (χ1n) is 6.57. The molecule has 108 valence electrons. The van der Waals surface area contributed by atoms with Gasteiger partial charge >= 0.3 is 0 Å². The zero-order valence-electron chi connectivity index (χ0n) is 11.5. The Balaban J connectivity index is 1.84. The molecule has 5 nitrogen and oxygen atoms in total. The molecule has 0 atom stereocenters. The molecule has 0 spiro atoms. The molecule has 0 saturated heterocycles. The zero-order chi connectivity index (χ0) is 14.8. The fourth-order valence-electron chi connectivity index (χ4n) is 2.12. The number of hydrogen-bond acceptors (Lipinski definition) is 5. The maximum absolute atomic E-state index is 11.9. The smallest absolute Gasteiger partial charge is 0.258 e. The Hall–Kier alpha value is -2.18. The minimum Gasteiger partial charge on any atom is -0.392 e. The largest absolute Gasteiger partial charge is 0.392 e. The molecule has 0 saturated carbocycles. The minimum atomic E-state index is -0.0705. The third kappa shape index (κ3) is 2.81. The first-order chi connectivity index (χ1) is 10.2. The maximum atomic E-state index is 11.9. The van der Waals surface area contributed by atoms with Gasteiger partial charge in [0.15, 0.2) is 4.96 Å². The lowest BCUT2D eigenvalue weighted by Gasteiger charge is -2.10. The van der Waals surface area contributed by atoms with Crippen molar-refractivity contribution in [1.29, 1.82) is 0 Å². The van der Waals surface area contributed by atoms with E-state index in [1.165, 1.54) is 21.8 Å². The van der Waals surface area contributed by atoms with Crippen molar-refractivity contribution in [2.24, 2.45) is 0 Å². The molecule has 0 aliphatic heterocycles. The maximum Gasteiger partial charge on any atom is 0.258 e. The number of rotatable bonds is 4. The Labute approximate surface area is 125 Å². The minimum absolute atomic E-state index is 0.00964. The van der Waals surface area contributed by atoms with E-state index in [1.807, 2.05) is 30.5 Å². The monoisotopic (exact) mass is 301 g/mol. The van der Waals surface area contributed by atoms with Crippen molar-refractivity contribution >= 4 is 22.0 Å². The van der Waals surface area contributed by atoms with Crippen molar-refractivity contribution in [3.8, 4) is 0 Å². The molecule has 0 aliphatic carbocycles. The van der Waals surface area contributed by atoms with Gasteiger partial charge < -0.3 is 10.4 Å². The Morgan fingerprint density at radius 2 is 2.24 bits per heavy atom. The van der Waals surface area contributed by atoms with E-state index in [1.54, 1.807) is 6.20 Å². The van der Waals surface area contributed by atoms with Crippen LogP contribution in [0.2, 0.25) is 0 Å². The van der Waals surface area contributed by atoms with E-state index in [2.05, 4.69) is 10.3 Å². The van der Waals surface area contributed by atoms with Crippen molar-refractivity contribution in [3.63, 3.8) is 0 Å². The molecular formula is C15H15N3O2S. The number of anilines is 1. The van der Waals surface area contributed by atoms with Crippen LogP contribution in [-0.2, 0) is 13.2 Å². The van der Waals surface area contributed by atoms with Crippen LogP contribution in [0.3, 0.4) is 0 Å². The number of aliphatic hydroxyl groups excluding tert-OH is 1. The summed E-state index contributed by atoms with van der Waals surface area (Å²) in [6.45, 7) is 2.48. The normalized spacial score (nSPS) is 11.0. The van der Waals surface area contributed by atoms with Crippen LogP contribution >= 0.6 is 11.3 Å². The van der Waals surface area contributed by atoms with Crippen LogP contribution in [0.1, 0.15) is 16.8 Å². The summed E-state index contributed by atoms with van der Waals surface area (Å²) in [4.78, 5) is 17.1. The lowest BCUT2D eigenvalue weighted by Crippen LogP contribution is -2.14. The second kappa shape index (κ2) is 5.67. The standard InChI is InChI=1S/C15H15N3O2S/c1-10-2-3-11(9-19)6-13(10)16-8-12-7-14(20)18-4-5-21-15(18)17-12/h2-7,16,19H,8-9H2,1H3. The van der Waals surface area contributed by atoms with Crippen LogP contribution < -0.4 is 10.9 Å². The second-order valence-electron chi connectivity index (χ2n) is 4.80. The summed E-state index contributed by atoms with van der Waals surface area (Å²) >= 11 is 1.44. The van der Waals surface area contributed by atoms with Crippen molar-refractivity contribution in [2.45, 2.75) is 20.1 Å². The van der Waals surface area contributed by atoms with Crippen LogP contribution in [0.4, 0.5) is 5.69 Å². The summed E-state index contributed by atoms with van der Waals surface area (Å²) in [7, 11) is 0. The summed E-state index contributed by atoms with van der Waals surface area (Å²) in [6, 6.07) is 7.30. The SMILES string of the molecule is Cc1ccc(CO)cc1NCc1cc(=O)n2ccsc2n1. The van der Waals surface area contributed by atoms with Gasteiger partial charge in [-0.05, 0) is 24.1 Å². The number of aliphatic hydroxyl groups is 1. The van der Waals surface area contributed by atoms with E-state index in [0.29, 0.717) is 17.2 Å². The van der Waals surface area contributed by atoms with Gasteiger partial charge in [0.1, 0.15) is 0 Å². The van der Waals surface area contributed by atoms with Crippen LogP contribution in [0.5, 0.6) is 0 Å². The summed E-state index contributed by atoms with van der Waals surface area (Å²) in [5, 5.41) is 14.3. The molecule has 0 aliphatic rings. The van der Waals surface area contributed by atoms with Crippen LogP contribution in [0.15, 0.2) is 40.6 Å². The van der Waals surface area contributed by atoms with Crippen LogP contribution in [0.25, 0.3) is 4.96 Å². The van der Waals surface area contributed by atoms with Gasteiger partial charge in [-0.25, -0.2) is 4.98 Å². The molecule has 2 N–H and O–H groups in total. The highest BCUT2D eigenvalue weighted by atomic mass is 32.1. The highest BCUT2D eigenvalue weighted by molar-refractivity contribution is 7.15. The molecule has 6 heteroatoms. The van der Waals surface area contributed by atoms with Gasteiger partial charge in [-0.15, -0.1) is 11.3 Å². The summed E-state index contributed by atoms with van der Waals surface area (Å²) in [5.41, 5.74) is 3.51. The van der Waals surface area contributed by atoms with Gasteiger partial charge in [-0.2, -0.15) is 0 Å². The fourth-order valence-corrected chi connectivity index (χ4v) is 2.86. The quantitative estimate of drug-likeness (QED) is 0.775. The number of nitrogens with zero attached hydrogens (tertiary/aromatic N) is 2. The predicted molar refractivity (Wildman–Crippen MR) is 83.8 cm³/mol. The number of fused-ring (bicyclic) bond motifs is 1. The van der Waals surface area contributed by atoms with Gasteiger partial charge in [-0.1, -0.05) is 12.1 Å². The molecule has 0 radical (unpaired) electrons. The van der Waals surface area contributed by atoms with Crippen molar-refractivity contribution in [2.75, 3.05) is 5.32 Å². The average Bonchev–Trinajstić information content (AvgIpc) is 2.95. The highest BCUT2D eigenvalue weighted by Crippen LogP contribution is 2.18. The Morgan fingerprint density at radius 1 is 1.38 bits per heavy atom. The lowest BCUT2D eigenvalue weighted by molar-refractivity contribution is 0.282. The van der Waals surface area contributed by atoms with Crippen molar-refractivity contribution in [1.82, 2.24) is 9.38 Å². The van der Waals surface area contributed by atoms with E-state index in [9.17, 15) is 9.90 Å². The predicted octanol–water partition coefficient (Wildman–Crippen LogP) is 2.17. The van der Waals surface area contributed by atoms with Gasteiger partial charge in [0, 0.05) is 23.3 Å². The third-order valence-corrected chi connectivity index (χ3v) is 4.06. The van der Waals surface area contributed by atoms with Gasteiger partial charge in [-0.3, -0.25) is 9.20 Å². The van der Waals surface area contributed by atoms with Gasteiger partial charge in [0.2, 0.25) is 0 Å². The number of benzene rings is 1. The number of aryl methyl sites for hydroxylation is 1. The summed E-state index contributed by atoms with van der Waals surface area (Å²) < 4.78 is 1.53. The lowest BCUT2D eigenvalue weighted by atomic mass is 10.1. The Bertz CT molecular complexity index is 838. The number of aromatic nitrogens is 2. The van der Waals surface area contributed by atoms with Crippen molar-refractivity contribution < 1.29 is 5.11 Å². The molecule has 3 rings (SSSR count). The second-order valence-corrected chi connectivity index (χ2v) is 5.68. The number of hydrogen-bond donors (Lipinski definition) is 2. The average molecular weight is 301 g/mol.